The highest BCUT2D eigenvalue weighted by atomic mass is 32.1. The average Bonchev–Trinajstić information content (AvgIpc) is 3.36. The van der Waals surface area contributed by atoms with Crippen molar-refractivity contribution in [3.8, 4) is 5.69 Å². The van der Waals surface area contributed by atoms with Crippen molar-refractivity contribution in [3.63, 3.8) is 0 Å². The minimum Gasteiger partial charge on any atom is -0.379 e. The highest BCUT2D eigenvalue weighted by Gasteiger charge is 2.41. The van der Waals surface area contributed by atoms with Gasteiger partial charge in [0, 0.05) is 49.5 Å². The first-order valence-corrected chi connectivity index (χ1v) is 13.0. The Morgan fingerprint density at radius 1 is 1.03 bits per heavy atom. The molecule has 0 saturated carbocycles. The van der Waals surface area contributed by atoms with E-state index >= 15 is 0 Å². The number of aromatic nitrogens is 2. The lowest BCUT2D eigenvalue weighted by atomic mass is 9.96. The van der Waals surface area contributed by atoms with Crippen LogP contribution in [0.25, 0.3) is 5.69 Å². The number of morpholine rings is 1. The summed E-state index contributed by atoms with van der Waals surface area (Å²) in [7, 11) is 0. The van der Waals surface area contributed by atoms with E-state index in [0.717, 1.165) is 56.6 Å². The van der Waals surface area contributed by atoms with Crippen LogP contribution in [0.2, 0.25) is 0 Å². The molecule has 184 valence electrons. The Balaban J connectivity index is 1.47. The molecule has 2 aromatic heterocycles. The molecule has 0 bridgehead atoms. The van der Waals surface area contributed by atoms with Gasteiger partial charge in [0.05, 0.1) is 31.0 Å². The number of benzene rings is 1. The molecule has 5 rings (SSSR count). The summed E-state index contributed by atoms with van der Waals surface area (Å²) in [5.41, 5.74) is 7.27. The summed E-state index contributed by atoms with van der Waals surface area (Å²) in [6.45, 7) is 12.2. The Kier molecular flexibility index (Phi) is 7.18. The highest BCUT2D eigenvalue weighted by molar-refractivity contribution is 7.80. The van der Waals surface area contributed by atoms with E-state index in [4.69, 9.17) is 21.9 Å². The van der Waals surface area contributed by atoms with E-state index < -0.39 is 0 Å². The number of hydrogen-bond donors (Lipinski definition) is 1. The van der Waals surface area contributed by atoms with Crippen LogP contribution in [-0.2, 0) is 4.74 Å². The molecule has 7 heteroatoms. The first-order chi connectivity index (χ1) is 17.0. The third-order valence-corrected chi connectivity index (χ3v) is 7.61. The Bertz CT molecular complexity index is 1150. The van der Waals surface area contributed by atoms with Gasteiger partial charge in [-0.05, 0) is 75.3 Å². The first kappa shape index (κ1) is 24.0. The smallest absolute Gasteiger partial charge is 0.170 e. The Labute approximate surface area is 213 Å². The number of thiocarbonyl (C=S) groups is 1. The number of nitrogens with one attached hydrogen (secondary N) is 1. The van der Waals surface area contributed by atoms with Crippen molar-refractivity contribution >= 4 is 17.3 Å². The van der Waals surface area contributed by atoms with E-state index in [1.807, 2.05) is 12.3 Å². The van der Waals surface area contributed by atoms with Crippen LogP contribution < -0.4 is 5.32 Å². The van der Waals surface area contributed by atoms with E-state index in [-0.39, 0.29) is 12.1 Å². The molecule has 2 saturated heterocycles. The van der Waals surface area contributed by atoms with Crippen LogP contribution in [0.4, 0.5) is 0 Å². The van der Waals surface area contributed by atoms with E-state index in [0.29, 0.717) is 0 Å². The van der Waals surface area contributed by atoms with Gasteiger partial charge in [0.25, 0.3) is 0 Å². The van der Waals surface area contributed by atoms with Crippen molar-refractivity contribution in [1.29, 1.82) is 0 Å². The molecule has 0 radical (unpaired) electrons. The number of hydrogen-bond acceptors (Lipinski definition) is 4. The van der Waals surface area contributed by atoms with Gasteiger partial charge < -0.3 is 19.5 Å². The predicted octanol–water partition coefficient (Wildman–Crippen LogP) is 4.49. The maximum atomic E-state index is 5.90. The molecular weight excluding hydrogens is 454 g/mol. The molecule has 4 heterocycles. The van der Waals surface area contributed by atoms with Gasteiger partial charge in [0.2, 0.25) is 0 Å². The predicted molar refractivity (Wildman–Crippen MR) is 144 cm³/mol. The summed E-state index contributed by atoms with van der Waals surface area (Å²) in [6, 6.07) is 17.3. The van der Waals surface area contributed by atoms with Crippen molar-refractivity contribution in [2.24, 2.45) is 0 Å². The van der Waals surface area contributed by atoms with Crippen LogP contribution in [0.3, 0.4) is 0 Å². The van der Waals surface area contributed by atoms with Crippen molar-refractivity contribution in [1.82, 2.24) is 24.7 Å². The Morgan fingerprint density at radius 3 is 2.51 bits per heavy atom. The molecule has 2 atom stereocenters. The standard InChI is InChI=1S/C28H35N5OS/c1-20-8-10-23(11-9-20)33-21(2)19-24(22(33)3)27-26(25-7-4-5-12-29-25)30-28(35)32(27)14-6-13-31-15-17-34-18-16-31/h4-5,7-12,19,26-27H,6,13-18H2,1-3H3,(H,30,35)/t26-,27+/m1/s1. The first-order valence-electron chi connectivity index (χ1n) is 12.6. The van der Waals surface area contributed by atoms with Crippen LogP contribution in [0, 0.1) is 20.8 Å². The van der Waals surface area contributed by atoms with Gasteiger partial charge in [-0.15, -0.1) is 0 Å². The Morgan fingerprint density at radius 2 is 1.80 bits per heavy atom. The molecule has 0 aliphatic carbocycles. The van der Waals surface area contributed by atoms with Crippen LogP contribution >= 0.6 is 12.2 Å². The summed E-state index contributed by atoms with van der Waals surface area (Å²) < 4.78 is 7.87. The molecule has 1 aromatic carbocycles. The van der Waals surface area contributed by atoms with Gasteiger partial charge in [-0.3, -0.25) is 9.88 Å². The third-order valence-electron chi connectivity index (χ3n) is 7.26. The average molecular weight is 490 g/mol. The van der Waals surface area contributed by atoms with Crippen molar-refractivity contribution in [2.45, 2.75) is 39.3 Å². The van der Waals surface area contributed by atoms with Crippen molar-refractivity contribution in [3.05, 3.63) is 82.9 Å². The monoisotopic (exact) mass is 489 g/mol. The molecule has 35 heavy (non-hydrogen) atoms. The molecule has 0 spiro atoms. The van der Waals surface area contributed by atoms with Gasteiger partial charge in [-0.2, -0.15) is 0 Å². The van der Waals surface area contributed by atoms with E-state index in [9.17, 15) is 0 Å². The zero-order valence-electron chi connectivity index (χ0n) is 20.9. The number of ether oxygens (including phenoxy) is 1. The molecule has 0 amide bonds. The van der Waals surface area contributed by atoms with E-state index in [1.54, 1.807) is 0 Å². The van der Waals surface area contributed by atoms with Gasteiger partial charge in [-0.25, -0.2) is 0 Å². The zero-order chi connectivity index (χ0) is 24.4. The van der Waals surface area contributed by atoms with Gasteiger partial charge >= 0.3 is 0 Å². The highest BCUT2D eigenvalue weighted by Crippen LogP contribution is 2.41. The summed E-state index contributed by atoms with van der Waals surface area (Å²) in [4.78, 5) is 9.58. The number of pyridine rings is 1. The van der Waals surface area contributed by atoms with Crippen LogP contribution in [0.15, 0.2) is 54.7 Å². The number of nitrogens with zero attached hydrogens (tertiary/aromatic N) is 4. The summed E-state index contributed by atoms with van der Waals surface area (Å²) in [6.07, 6.45) is 2.93. The number of rotatable bonds is 7. The minimum absolute atomic E-state index is 0.0130. The molecule has 0 unspecified atom stereocenters. The lowest BCUT2D eigenvalue weighted by Crippen LogP contribution is -2.39. The second-order valence-corrected chi connectivity index (χ2v) is 10.0. The molecule has 6 nitrogen and oxygen atoms in total. The zero-order valence-corrected chi connectivity index (χ0v) is 21.7. The number of aryl methyl sites for hydroxylation is 2. The fourth-order valence-corrected chi connectivity index (χ4v) is 5.78. The molecule has 3 aromatic rings. The summed E-state index contributed by atoms with van der Waals surface area (Å²) in [5, 5.41) is 4.43. The van der Waals surface area contributed by atoms with E-state index in [1.165, 1.54) is 28.2 Å². The molecular formula is C28H35N5OS. The van der Waals surface area contributed by atoms with Gasteiger partial charge in [0.15, 0.2) is 5.11 Å². The second kappa shape index (κ2) is 10.5. The topological polar surface area (TPSA) is 45.6 Å². The fraction of sp³-hybridized carbons (Fsp3) is 0.429. The van der Waals surface area contributed by atoms with Crippen LogP contribution in [0.5, 0.6) is 0 Å². The van der Waals surface area contributed by atoms with Crippen LogP contribution in [-0.4, -0.2) is 63.9 Å². The SMILES string of the molecule is Cc1ccc(-n2c(C)cc([C@H]3[C@@H](c4ccccn4)NC(=S)N3CCCN3CCOCC3)c2C)cc1. The quantitative estimate of drug-likeness (QED) is 0.494. The van der Waals surface area contributed by atoms with Gasteiger partial charge in [0.1, 0.15) is 0 Å². The van der Waals surface area contributed by atoms with E-state index in [2.05, 4.69) is 82.9 Å². The normalized spacial score (nSPS) is 20.9. The third kappa shape index (κ3) is 4.99. The largest absolute Gasteiger partial charge is 0.379 e. The summed E-state index contributed by atoms with van der Waals surface area (Å²) >= 11 is 5.90. The maximum Gasteiger partial charge on any atom is 0.170 e. The minimum atomic E-state index is 0.0130. The van der Waals surface area contributed by atoms with Crippen LogP contribution in [0.1, 0.15) is 46.7 Å². The summed E-state index contributed by atoms with van der Waals surface area (Å²) in [5.74, 6) is 0. The second-order valence-electron chi connectivity index (χ2n) is 9.62. The maximum absolute atomic E-state index is 5.90. The molecule has 2 aliphatic heterocycles. The van der Waals surface area contributed by atoms with Crippen molar-refractivity contribution in [2.75, 3.05) is 39.4 Å². The molecule has 1 N–H and O–H groups in total. The lowest BCUT2D eigenvalue weighted by molar-refractivity contribution is 0.0365. The van der Waals surface area contributed by atoms with Gasteiger partial charge in [-0.1, -0.05) is 23.8 Å². The van der Waals surface area contributed by atoms with Crippen molar-refractivity contribution < 1.29 is 4.74 Å². The lowest BCUT2D eigenvalue weighted by Gasteiger charge is -2.30. The molecule has 2 aliphatic rings. The Hall–Kier alpha value is -2.74. The molecule has 2 fully saturated rings. The fourth-order valence-electron chi connectivity index (χ4n) is 5.45.